The van der Waals surface area contributed by atoms with Crippen LogP contribution in [0.2, 0.25) is 0 Å². The van der Waals surface area contributed by atoms with E-state index in [0.717, 1.165) is 0 Å². The lowest BCUT2D eigenvalue weighted by molar-refractivity contribution is -0.167. The summed E-state index contributed by atoms with van der Waals surface area (Å²) in [5.41, 5.74) is 0.536. The molecule has 1 amide bonds. The molecule has 0 unspecified atom stereocenters. The number of morpholine rings is 1. The Labute approximate surface area is 229 Å². The molecule has 0 radical (unpaired) electrons. The molecule has 1 saturated heterocycles. The SMILES string of the molecule is COc1cc2[nH]c(=O)c(NC(=O)CN(CO)CCN(CCN3CC(=O)OC(=O)C3)CC(=O)O)c(C)c2cc1OC. The summed E-state index contributed by atoms with van der Waals surface area (Å²) in [7, 11) is 2.96. The number of hydrogen-bond acceptors (Lipinski definition) is 12. The third-order valence-electron chi connectivity index (χ3n) is 6.37. The van der Waals surface area contributed by atoms with Crippen LogP contribution in [0.15, 0.2) is 16.9 Å². The van der Waals surface area contributed by atoms with Crippen molar-refractivity contribution in [2.75, 3.05) is 78.6 Å². The van der Waals surface area contributed by atoms with Crippen LogP contribution in [-0.4, -0.2) is 127 Å². The highest BCUT2D eigenvalue weighted by Gasteiger charge is 2.25. The van der Waals surface area contributed by atoms with E-state index in [2.05, 4.69) is 15.0 Å². The second-order valence-corrected chi connectivity index (χ2v) is 9.18. The van der Waals surface area contributed by atoms with E-state index in [1.54, 1.807) is 28.9 Å². The molecule has 1 aliphatic heterocycles. The van der Waals surface area contributed by atoms with E-state index in [0.29, 0.717) is 28.0 Å². The van der Waals surface area contributed by atoms with Crippen LogP contribution in [0.25, 0.3) is 10.9 Å². The van der Waals surface area contributed by atoms with Gasteiger partial charge in [-0.2, -0.15) is 0 Å². The van der Waals surface area contributed by atoms with Crippen LogP contribution < -0.4 is 20.3 Å². The van der Waals surface area contributed by atoms with Crippen LogP contribution in [0.3, 0.4) is 0 Å². The Kier molecular flexibility index (Phi) is 10.6. The minimum atomic E-state index is -1.08. The van der Waals surface area contributed by atoms with Crippen LogP contribution in [0.1, 0.15) is 5.56 Å². The molecule has 218 valence electrons. The van der Waals surface area contributed by atoms with Crippen LogP contribution in [0.4, 0.5) is 5.69 Å². The van der Waals surface area contributed by atoms with Gasteiger partial charge in [0.15, 0.2) is 11.5 Å². The Morgan fingerprint density at radius 1 is 1.02 bits per heavy atom. The molecular formula is C25H33N5O10. The molecule has 1 aliphatic rings. The number of fused-ring (bicyclic) bond motifs is 1. The zero-order chi connectivity index (χ0) is 29.4. The lowest BCUT2D eigenvalue weighted by Gasteiger charge is -2.29. The second-order valence-electron chi connectivity index (χ2n) is 9.18. The molecular weight excluding hydrogens is 530 g/mol. The lowest BCUT2D eigenvalue weighted by Crippen LogP contribution is -2.48. The Balaban J connectivity index is 1.63. The van der Waals surface area contributed by atoms with E-state index in [-0.39, 0.29) is 58.0 Å². The maximum Gasteiger partial charge on any atom is 0.327 e. The van der Waals surface area contributed by atoms with Crippen molar-refractivity contribution in [2.45, 2.75) is 6.92 Å². The van der Waals surface area contributed by atoms with Gasteiger partial charge in [0.25, 0.3) is 5.56 Å². The standard InChI is InChI=1S/C25H33N5O10/c1-15-16-8-18(38-2)19(39-3)9-17(16)26-25(37)24(15)27-20(32)10-30(14-31)7-5-28(11-21(33)34)4-6-29-12-22(35)40-23(36)13-29/h8-9,31H,4-7,10-14H2,1-3H3,(H,26,37)(H,27,32)(H,33,34). The first-order valence-electron chi connectivity index (χ1n) is 12.4. The molecule has 4 N–H and O–H groups in total. The minimum Gasteiger partial charge on any atom is -0.493 e. The van der Waals surface area contributed by atoms with Gasteiger partial charge in [-0.1, -0.05) is 0 Å². The molecule has 15 heteroatoms. The van der Waals surface area contributed by atoms with E-state index in [1.165, 1.54) is 19.1 Å². The number of aromatic amines is 1. The van der Waals surface area contributed by atoms with Crippen molar-refractivity contribution in [1.82, 2.24) is 19.7 Å². The zero-order valence-electron chi connectivity index (χ0n) is 22.5. The highest BCUT2D eigenvalue weighted by atomic mass is 16.6. The fraction of sp³-hybridized carbons (Fsp3) is 0.480. The summed E-state index contributed by atoms with van der Waals surface area (Å²) in [4.78, 5) is 67.0. The molecule has 2 aromatic rings. The van der Waals surface area contributed by atoms with Crippen molar-refractivity contribution >= 4 is 40.4 Å². The number of hydrogen-bond donors (Lipinski definition) is 4. The van der Waals surface area contributed by atoms with Gasteiger partial charge in [0.05, 0.1) is 52.6 Å². The van der Waals surface area contributed by atoms with E-state index in [9.17, 15) is 34.2 Å². The average molecular weight is 564 g/mol. The summed E-state index contributed by atoms with van der Waals surface area (Å²) in [6.07, 6.45) is 0. The molecule has 0 aliphatic carbocycles. The number of methoxy groups -OCH3 is 2. The lowest BCUT2D eigenvalue weighted by atomic mass is 10.1. The third-order valence-corrected chi connectivity index (χ3v) is 6.37. The molecule has 1 aromatic carbocycles. The smallest absolute Gasteiger partial charge is 0.327 e. The van der Waals surface area contributed by atoms with Gasteiger partial charge in [-0.3, -0.25) is 38.7 Å². The summed E-state index contributed by atoms with van der Waals surface area (Å²) in [5, 5.41) is 22.3. The summed E-state index contributed by atoms with van der Waals surface area (Å²) in [6.45, 7) is 1.20. The van der Waals surface area contributed by atoms with Crippen molar-refractivity contribution in [2.24, 2.45) is 0 Å². The maximum absolute atomic E-state index is 12.8. The number of carbonyl (C=O) groups is 4. The highest BCUT2D eigenvalue weighted by molar-refractivity contribution is 5.97. The summed E-state index contributed by atoms with van der Waals surface area (Å²) in [6, 6.07) is 3.31. The van der Waals surface area contributed by atoms with E-state index in [1.807, 2.05) is 0 Å². The number of benzene rings is 1. The normalized spacial score (nSPS) is 14.1. The van der Waals surface area contributed by atoms with Gasteiger partial charge in [0, 0.05) is 37.6 Å². The number of pyridine rings is 1. The number of carboxylic acids is 1. The predicted octanol–water partition coefficient (Wildman–Crippen LogP) is -1.18. The van der Waals surface area contributed by atoms with Gasteiger partial charge in [-0.05, 0) is 18.6 Å². The molecule has 3 rings (SSSR count). The summed E-state index contributed by atoms with van der Waals surface area (Å²) in [5.74, 6) is -2.09. The number of aliphatic carboxylic acids is 1. The number of nitrogens with zero attached hydrogens (tertiary/aromatic N) is 3. The Bertz CT molecular complexity index is 1310. The minimum absolute atomic E-state index is 0.0460. The molecule has 15 nitrogen and oxygen atoms in total. The largest absolute Gasteiger partial charge is 0.493 e. The monoisotopic (exact) mass is 563 g/mol. The van der Waals surface area contributed by atoms with Crippen molar-refractivity contribution in [3.05, 3.63) is 28.0 Å². The number of aryl methyl sites for hydroxylation is 1. The number of aromatic nitrogens is 1. The molecule has 0 spiro atoms. The number of anilines is 1. The summed E-state index contributed by atoms with van der Waals surface area (Å²) < 4.78 is 15.1. The molecule has 1 aromatic heterocycles. The number of ether oxygens (including phenoxy) is 3. The first kappa shape index (κ1) is 30.5. The van der Waals surface area contributed by atoms with Gasteiger partial charge in [-0.15, -0.1) is 0 Å². The number of H-pyrrole nitrogens is 1. The van der Waals surface area contributed by atoms with Crippen molar-refractivity contribution < 1.29 is 43.6 Å². The second kappa shape index (κ2) is 13.8. The number of amides is 1. The van der Waals surface area contributed by atoms with Crippen molar-refractivity contribution in [1.29, 1.82) is 0 Å². The fourth-order valence-electron chi connectivity index (χ4n) is 4.31. The Hall–Kier alpha value is -4.05. The predicted molar refractivity (Wildman–Crippen MR) is 141 cm³/mol. The number of aliphatic hydroxyl groups excluding tert-OH is 1. The van der Waals surface area contributed by atoms with Crippen LogP contribution >= 0.6 is 0 Å². The molecule has 1 fully saturated rings. The van der Waals surface area contributed by atoms with Crippen molar-refractivity contribution in [3.63, 3.8) is 0 Å². The topological polar surface area (TPSA) is 191 Å². The Morgan fingerprint density at radius 3 is 2.25 bits per heavy atom. The van der Waals surface area contributed by atoms with Crippen LogP contribution in [0, 0.1) is 6.92 Å². The first-order chi connectivity index (χ1) is 19.0. The van der Waals surface area contributed by atoms with Gasteiger partial charge in [0.2, 0.25) is 5.91 Å². The average Bonchev–Trinajstić information content (AvgIpc) is 2.90. The molecule has 0 saturated carbocycles. The van der Waals surface area contributed by atoms with Crippen molar-refractivity contribution in [3.8, 4) is 11.5 Å². The summed E-state index contributed by atoms with van der Waals surface area (Å²) >= 11 is 0. The van der Waals surface area contributed by atoms with E-state index in [4.69, 9.17) is 9.47 Å². The molecule has 2 heterocycles. The van der Waals surface area contributed by atoms with Gasteiger partial charge in [-0.25, -0.2) is 0 Å². The van der Waals surface area contributed by atoms with Gasteiger partial charge >= 0.3 is 17.9 Å². The highest BCUT2D eigenvalue weighted by Crippen LogP contribution is 2.33. The van der Waals surface area contributed by atoms with E-state index < -0.39 is 36.1 Å². The fourth-order valence-corrected chi connectivity index (χ4v) is 4.31. The number of rotatable bonds is 14. The number of carbonyl (C=O) groups excluding carboxylic acids is 3. The molecule has 40 heavy (non-hydrogen) atoms. The van der Waals surface area contributed by atoms with Gasteiger partial charge in [0.1, 0.15) is 5.69 Å². The number of carboxylic acid groups (broad SMARTS) is 1. The van der Waals surface area contributed by atoms with E-state index >= 15 is 0 Å². The maximum atomic E-state index is 12.8. The number of cyclic esters (lactones) is 2. The molecule has 0 bridgehead atoms. The Morgan fingerprint density at radius 2 is 1.65 bits per heavy atom. The third kappa shape index (κ3) is 7.98. The van der Waals surface area contributed by atoms with Gasteiger partial charge < -0.3 is 34.7 Å². The number of aliphatic hydroxyl groups is 1. The van der Waals surface area contributed by atoms with Crippen LogP contribution in [-0.2, 0) is 23.9 Å². The number of esters is 2. The number of nitrogens with one attached hydrogen (secondary N) is 2. The quantitative estimate of drug-likeness (QED) is 0.122. The van der Waals surface area contributed by atoms with Crippen LogP contribution in [0.5, 0.6) is 11.5 Å². The first-order valence-corrected chi connectivity index (χ1v) is 12.4. The molecule has 0 atom stereocenters. The zero-order valence-corrected chi connectivity index (χ0v) is 22.5.